The SMILES string of the molecule is Cc1ccc(NC(=O)c2ccc(NCCc3ccccc3)cn2)c(C)c1. The summed E-state index contributed by atoms with van der Waals surface area (Å²) in [6.45, 7) is 4.83. The first-order valence-corrected chi connectivity index (χ1v) is 8.74. The summed E-state index contributed by atoms with van der Waals surface area (Å²) < 4.78 is 0. The number of nitrogens with zero attached hydrogens (tertiary/aromatic N) is 1. The van der Waals surface area contributed by atoms with Crippen LogP contribution >= 0.6 is 0 Å². The summed E-state index contributed by atoms with van der Waals surface area (Å²) in [4.78, 5) is 16.6. The summed E-state index contributed by atoms with van der Waals surface area (Å²) in [5, 5.41) is 6.25. The molecule has 0 atom stereocenters. The number of rotatable bonds is 6. The molecule has 1 amide bonds. The third kappa shape index (κ3) is 4.70. The van der Waals surface area contributed by atoms with Crippen LogP contribution in [0, 0.1) is 13.8 Å². The lowest BCUT2D eigenvalue weighted by atomic mass is 10.1. The van der Waals surface area contributed by atoms with Crippen LogP contribution in [0.2, 0.25) is 0 Å². The molecular weight excluding hydrogens is 322 g/mol. The number of aromatic nitrogens is 1. The van der Waals surface area contributed by atoms with Crippen molar-refractivity contribution in [1.82, 2.24) is 4.98 Å². The quantitative estimate of drug-likeness (QED) is 0.686. The predicted octanol–water partition coefficient (Wildman–Crippen LogP) is 4.61. The summed E-state index contributed by atoms with van der Waals surface area (Å²) in [5.41, 5.74) is 5.62. The van der Waals surface area contributed by atoms with E-state index in [1.807, 2.05) is 56.3 Å². The van der Waals surface area contributed by atoms with Crippen LogP contribution in [0.3, 0.4) is 0 Å². The van der Waals surface area contributed by atoms with Crippen molar-refractivity contribution in [2.75, 3.05) is 17.2 Å². The van der Waals surface area contributed by atoms with Crippen LogP contribution in [0.5, 0.6) is 0 Å². The Morgan fingerprint density at radius 1 is 1.00 bits per heavy atom. The summed E-state index contributed by atoms with van der Waals surface area (Å²) in [7, 11) is 0. The van der Waals surface area contributed by atoms with E-state index in [9.17, 15) is 4.79 Å². The highest BCUT2D eigenvalue weighted by Crippen LogP contribution is 2.17. The minimum Gasteiger partial charge on any atom is -0.383 e. The van der Waals surface area contributed by atoms with Crippen molar-refractivity contribution in [3.05, 3.63) is 89.2 Å². The van der Waals surface area contributed by atoms with Gasteiger partial charge in [0.05, 0.1) is 11.9 Å². The van der Waals surface area contributed by atoms with Crippen LogP contribution in [0.25, 0.3) is 0 Å². The minimum absolute atomic E-state index is 0.201. The monoisotopic (exact) mass is 345 g/mol. The number of pyridine rings is 1. The Bertz CT molecular complexity index is 874. The van der Waals surface area contributed by atoms with Crippen molar-refractivity contribution in [2.24, 2.45) is 0 Å². The summed E-state index contributed by atoms with van der Waals surface area (Å²) in [6.07, 6.45) is 2.64. The zero-order valence-electron chi connectivity index (χ0n) is 15.1. The van der Waals surface area contributed by atoms with Gasteiger partial charge in [-0.3, -0.25) is 4.79 Å². The van der Waals surface area contributed by atoms with E-state index in [-0.39, 0.29) is 5.91 Å². The fraction of sp³-hybridized carbons (Fsp3) is 0.182. The van der Waals surface area contributed by atoms with Crippen molar-refractivity contribution >= 4 is 17.3 Å². The molecular formula is C22H23N3O. The van der Waals surface area contributed by atoms with E-state index in [1.54, 1.807) is 12.3 Å². The first kappa shape index (κ1) is 17.7. The Morgan fingerprint density at radius 2 is 1.81 bits per heavy atom. The molecule has 4 nitrogen and oxygen atoms in total. The van der Waals surface area contributed by atoms with E-state index in [2.05, 4.69) is 27.8 Å². The van der Waals surface area contributed by atoms with Crippen molar-refractivity contribution in [1.29, 1.82) is 0 Å². The molecule has 0 radical (unpaired) electrons. The highest BCUT2D eigenvalue weighted by Gasteiger charge is 2.09. The number of aryl methyl sites for hydroxylation is 2. The summed E-state index contributed by atoms with van der Waals surface area (Å²) >= 11 is 0. The molecule has 132 valence electrons. The van der Waals surface area contributed by atoms with Crippen molar-refractivity contribution in [2.45, 2.75) is 20.3 Å². The highest BCUT2D eigenvalue weighted by molar-refractivity contribution is 6.03. The maximum Gasteiger partial charge on any atom is 0.274 e. The molecule has 0 spiro atoms. The molecule has 2 N–H and O–H groups in total. The van der Waals surface area contributed by atoms with Gasteiger partial charge in [0.15, 0.2) is 0 Å². The number of hydrogen-bond acceptors (Lipinski definition) is 3. The zero-order chi connectivity index (χ0) is 18.4. The van der Waals surface area contributed by atoms with Crippen LogP contribution in [0.4, 0.5) is 11.4 Å². The van der Waals surface area contributed by atoms with Crippen LogP contribution in [0.1, 0.15) is 27.2 Å². The Morgan fingerprint density at radius 3 is 2.50 bits per heavy atom. The molecule has 0 fully saturated rings. The van der Waals surface area contributed by atoms with E-state index in [0.717, 1.165) is 29.9 Å². The van der Waals surface area contributed by atoms with Gasteiger partial charge in [0.2, 0.25) is 0 Å². The number of amides is 1. The second-order valence-electron chi connectivity index (χ2n) is 6.37. The fourth-order valence-corrected chi connectivity index (χ4v) is 2.77. The van der Waals surface area contributed by atoms with Gasteiger partial charge in [-0.25, -0.2) is 4.98 Å². The average molecular weight is 345 g/mol. The lowest BCUT2D eigenvalue weighted by Crippen LogP contribution is -2.14. The number of carbonyl (C=O) groups is 1. The molecule has 26 heavy (non-hydrogen) atoms. The lowest BCUT2D eigenvalue weighted by Gasteiger charge is -2.10. The third-order valence-electron chi connectivity index (χ3n) is 4.21. The van der Waals surface area contributed by atoms with Gasteiger partial charge in [-0.15, -0.1) is 0 Å². The van der Waals surface area contributed by atoms with Gasteiger partial charge in [-0.05, 0) is 49.6 Å². The standard InChI is InChI=1S/C22H23N3O/c1-16-8-10-20(17(2)14-16)25-22(26)21-11-9-19(15-24-21)23-13-12-18-6-4-3-5-7-18/h3-11,14-15,23H,12-13H2,1-2H3,(H,25,26). The third-order valence-corrected chi connectivity index (χ3v) is 4.21. The van der Waals surface area contributed by atoms with E-state index < -0.39 is 0 Å². The van der Waals surface area contributed by atoms with E-state index >= 15 is 0 Å². The van der Waals surface area contributed by atoms with Crippen LogP contribution in [-0.4, -0.2) is 17.4 Å². The molecule has 1 aromatic heterocycles. The van der Waals surface area contributed by atoms with Crippen molar-refractivity contribution in [3.8, 4) is 0 Å². The average Bonchev–Trinajstić information content (AvgIpc) is 2.65. The Kier molecular flexibility index (Phi) is 5.64. The molecule has 1 heterocycles. The molecule has 4 heteroatoms. The lowest BCUT2D eigenvalue weighted by molar-refractivity contribution is 0.102. The summed E-state index contributed by atoms with van der Waals surface area (Å²) in [5.74, 6) is -0.201. The molecule has 0 aliphatic carbocycles. The smallest absolute Gasteiger partial charge is 0.274 e. The second kappa shape index (κ2) is 8.30. The molecule has 0 aliphatic rings. The van der Waals surface area contributed by atoms with Crippen LogP contribution in [0.15, 0.2) is 66.9 Å². The molecule has 3 aromatic rings. The van der Waals surface area contributed by atoms with Crippen LogP contribution < -0.4 is 10.6 Å². The van der Waals surface area contributed by atoms with Gasteiger partial charge >= 0.3 is 0 Å². The van der Waals surface area contributed by atoms with Gasteiger partial charge in [0.25, 0.3) is 5.91 Å². The molecule has 0 saturated heterocycles. The molecule has 0 saturated carbocycles. The summed E-state index contributed by atoms with van der Waals surface area (Å²) in [6, 6.07) is 19.9. The first-order chi connectivity index (χ1) is 12.6. The van der Waals surface area contributed by atoms with Crippen LogP contribution in [-0.2, 0) is 6.42 Å². The van der Waals surface area contributed by atoms with Gasteiger partial charge in [-0.1, -0.05) is 48.0 Å². The van der Waals surface area contributed by atoms with Gasteiger partial charge < -0.3 is 10.6 Å². The maximum atomic E-state index is 12.4. The first-order valence-electron chi connectivity index (χ1n) is 8.74. The van der Waals surface area contributed by atoms with E-state index in [1.165, 1.54) is 11.1 Å². The minimum atomic E-state index is -0.201. The van der Waals surface area contributed by atoms with Crippen molar-refractivity contribution < 1.29 is 4.79 Å². The second-order valence-corrected chi connectivity index (χ2v) is 6.37. The normalized spacial score (nSPS) is 10.4. The number of nitrogens with one attached hydrogen (secondary N) is 2. The number of anilines is 2. The van der Waals surface area contributed by atoms with E-state index in [4.69, 9.17) is 0 Å². The molecule has 0 unspecified atom stereocenters. The predicted molar refractivity (Wildman–Crippen MR) is 107 cm³/mol. The topological polar surface area (TPSA) is 54.0 Å². The largest absolute Gasteiger partial charge is 0.383 e. The van der Waals surface area contributed by atoms with E-state index in [0.29, 0.717) is 5.69 Å². The zero-order valence-corrected chi connectivity index (χ0v) is 15.1. The Labute approximate surface area is 154 Å². The van der Waals surface area contributed by atoms with Crippen molar-refractivity contribution in [3.63, 3.8) is 0 Å². The number of carbonyl (C=O) groups excluding carboxylic acids is 1. The maximum absolute atomic E-state index is 12.4. The molecule has 2 aromatic carbocycles. The Balaban J connectivity index is 1.55. The van der Waals surface area contributed by atoms with Gasteiger partial charge in [-0.2, -0.15) is 0 Å². The fourth-order valence-electron chi connectivity index (χ4n) is 2.77. The molecule has 3 rings (SSSR count). The molecule has 0 bridgehead atoms. The molecule has 0 aliphatic heterocycles. The number of hydrogen-bond donors (Lipinski definition) is 2. The highest BCUT2D eigenvalue weighted by atomic mass is 16.1. The Hall–Kier alpha value is -3.14. The van der Waals surface area contributed by atoms with Gasteiger partial charge in [0.1, 0.15) is 5.69 Å². The van der Waals surface area contributed by atoms with Gasteiger partial charge in [0, 0.05) is 12.2 Å². The number of benzene rings is 2.